The van der Waals surface area contributed by atoms with E-state index in [0.717, 1.165) is 43.4 Å². The van der Waals surface area contributed by atoms with E-state index in [2.05, 4.69) is 21.7 Å². The highest BCUT2D eigenvalue weighted by atomic mass is 35.5. The third kappa shape index (κ3) is 3.42. The van der Waals surface area contributed by atoms with E-state index in [1.54, 1.807) is 11.3 Å². The van der Waals surface area contributed by atoms with Crippen molar-refractivity contribution in [2.45, 2.75) is 18.8 Å². The maximum absolute atomic E-state index is 8.93. The van der Waals surface area contributed by atoms with Crippen molar-refractivity contribution in [3.63, 3.8) is 0 Å². The first-order chi connectivity index (χ1) is 8.74. The number of hydrogen-bond acceptors (Lipinski definition) is 5. The van der Waals surface area contributed by atoms with Crippen molar-refractivity contribution < 1.29 is 5.11 Å². The molecule has 1 aromatic rings. The van der Waals surface area contributed by atoms with Crippen LogP contribution in [0, 0.1) is 0 Å². The Bertz CT molecular complexity index is 366. The molecule has 1 aliphatic rings. The fourth-order valence-electron chi connectivity index (χ4n) is 2.25. The molecule has 1 aromatic heterocycles. The lowest BCUT2D eigenvalue weighted by Gasteiger charge is -2.37. The highest BCUT2D eigenvalue weighted by molar-refractivity contribution is 7.09. The summed E-state index contributed by atoms with van der Waals surface area (Å²) in [4.78, 5) is 9.30. The summed E-state index contributed by atoms with van der Waals surface area (Å²) < 4.78 is 0. The summed E-state index contributed by atoms with van der Waals surface area (Å²) in [6, 6.07) is 0.364. The summed E-state index contributed by atoms with van der Waals surface area (Å²) in [5, 5.41) is 12.1. The van der Waals surface area contributed by atoms with Crippen LogP contribution in [-0.2, 0) is 5.88 Å². The average molecular weight is 290 g/mol. The number of hydrogen-bond donors (Lipinski definition) is 1. The van der Waals surface area contributed by atoms with Gasteiger partial charge in [-0.25, -0.2) is 4.98 Å². The zero-order valence-corrected chi connectivity index (χ0v) is 12.3. The zero-order valence-electron chi connectivity index (χ0n) is 10.7. The van der Waals surface area contributed by atoms with Gasteiger partial charge in [0.2, 0.25) is 0 Å². The molecule has 6 heteroatoms. The van der Waals surface area contributed by atoms with Gasteiger partial charge >= 0.3 is 0 Å². The first-order valence-corrected chi connectivity index (χ1v) is 7.73. The van der Waals surface area contributed by atoms with Gasteiger partial charge in [0, 0.05) is 38.1 Å². The van der Waals surface area contributed by atoms with E-state index in [1.807, 2.05) is 5.38 Å². The number of aromatic nitrogens is 1. The van der Waals surface area contributed by atoms with E-state index in [0.29, 0.717) is 11.9 Å². The van der Waals surface area contributed by atoms with Gasteiger partial charge in [0.05, 0.1) is 24.2 Å². The lowest BCUT2D eigenvalue weighted by atomic mass is 10.2. The molecule has 0 aliphatic carbocycles. The molecular weight excluding hydrogens is 270 g/mol. The molecular formula is C12H20ClN3OS. The fourth-order valence-corrected chi connectivity index (χ4v) is 3.38. The molecule has 1 N–H and O–H groups in total. The molecule has 0 amide bonds. The minimum atomic E-state index is 0.251. The summed E-state index contributed by atoms with van der Waals surface area (Å²) >= 11 is 7.48. The van der Waals surface area contributed by atoms with Gasteiger partial charge in [-0.2, -0.15) is 0 Å². The van der Waals surface area contributed by atoms with E-state index in [-0.39, 0.29) is 6.61 Å². The van der Waals surface area contributed by atoms with Crippen molar-refractivity contribution in [3.05, 3.63) is 16.1 Å². The third-order valence-corrected chi connectivity index (χ3v) is 4.77. The number of rotatable bonds is 5. The number of halogens is 1. The predicted octanol–water partition coefficient (Wildman–Crippen LogP) is 1.55. The molecule has 1 unspecified atom stereocenters. The second-order valence-electron chi connectivity index (χ2n) is 4.59. The van der Waals surface area contributed by atoms with E-state index >= 15 is 0 Å². The average Bonchev–Trinajstić information content (AvgIpc) is 2.88. The van der Waals surface area contributed by atoms with Gasteiger partial charge in [-0.3, -0.25) is 9.80 Å². The summed E-state index contributed by atoms with van der Waals surface area (Å²) in [5.74, 6) is 0.494. The van der Waals surface area contributed by atoms with Gasteiger partial charge < -0.3 is 5.11 Å². The van der Waals surface area contributed by atoms with E-state index in [9.17, 15) is 0 Å². The van der Waals surface area contributed by atoms with Gasteiger partial charge in [-0.15, -0.1) is 22.9 Å². The molecule has 1 atom stereocenters. The summed E-state index contributed by atoms with van der Waals surface area (Å²) in [5.41, 5.74) is 0.974. The molecule has 102 valence electrons. The molecule has 0 bridgehead atoms. The van der Waals surface area contributed by atoms with Crippen LogP contribution < -0.4 is 0 Å². The van der Waals surface area contributed by atoms with Crippen LogP contribution in [0.1, 0.15) is 23.7 Å². The number of alkyl halides is 1. The van der Waals surface area contributed by atoms with Crippen LogP contribution in [-0.4, -0.2) is 59.2 Å². The molecule has 2 rings (SSSR count). The summed E-state index contributed by atoms with van der Waals surface area (Å²) in [6.07, 6.45) is 0. The van der Waals surface area contributed by atoms with Crippen LogP contribution in [0.3, 0.4) is 0 Å². The van der Waals surface area contributed by atoms with Crippen LogP contribution in [0.25, 0.3) is 0 Å². The van der Waals surface area contributed by atoms with Gasteiger partial charge in [0.15, 0.2) is 0 Å². The minimum Gasteiger partial charge on any atom is -0.395 e. The lowest BCUT2D eigenvalue weighted by Crippen LogP contribution is -2.47. The van der Waals surface area contributed by atoms with Gasteiger partial charge in [0.1, 0.15) is 5.01 Å². The SMILES string of the molecule is CC(c1nc(CCl)cs1)N1CCN(CCO)CC1. The molecule has 0 radical (unpaired) electrons. The van der Waals surface area contributed by atoms with Crippen molar-refractivity contribution in [1.29, 1.82) is 0 Å². The lowest BCUT2D eigenvalue weighted by molar-refractivity contribution is 0.0887. The maximum atomic E-state index is 8.93. The Kier molecular flexibility index (Phi) is 5.38. The van der Waals surface area contributed by atoms with Crippen LogP contribution in [0.2, 0.25) is 0 Å². The molecule has 0 saturated carbocycles. The molecule has 18 heavy (non-hydrogen) atoms. The number of piperazine rings is 1. The normalized spacial score (nSPS) is 20.2. The molecule has 1 fully saturated rings. The largest absolute Gasteiger partial charge is 0.395 e. The van der Waals surface area contributed by atoms with Gasteiger partial charge in [-0.05, 0) is 6.92 Å². The number of aliphatic hydroxyl groups is 1. The van der Waals surface area contributed by atoms with E-state index in [1.165, 1.54) is 0 Å². The van der Waals surface area contributed by atoms with Crippen LogP contribution in [0.5, 0.6) is 0 Å². The summed E-state index contributed by atoms with van der Waals surface area (Å²) in [6.45, 7) is 7.38. The highest BCUT2D eigenvalue weighted by Gasteiger charge is 2.23. The Hall–Kier alpha value is -0.200. The van der Waals surface area contributed by atoms with Crippen LogP contribution >= 0.6 is 22.9 Å². The van der Waals surface area contributed by atoms with Crippen molar-refractivity contribution in [2.75, 3.05) is 39.3 Å². The molecule has 2 heterocycles. The third-order valence-electron chi connectivity index (χ3n) is 3.43. The smallest absolute Gasteiger partial charge is 0.110 e. The van der Waals surface area contributed by atoms with Crippen molar-refractivity contribution in [3.8, 4) is 0 Å². The minimum absolute atomic E-state index is 0.251. The molecule has 4 nitrogen and oxygen atoms in total. The Labute approximate surface area is 117 Å². The van der Waals surface area contributed by atoms with Gasteiger partial charge in [0.25, 0.3) is 0 Å². The van der Waals surface area contributed by atoms with Crippen LogP contribution in [0.15, 0.2) is 5.38 Å². The summed E-state index contributed by atoms with van der Waals surface area (Å²) in [7, 11) is 0. The second kappa shape index (κ2) is 6.82. The van der Waals surface area contributed by atoms with Gasteiger partial charge in [-0.1, -0.05) is 0 Å². The topological polar surface area (TPSA) is 39.6 Å². The quantitative estimate of drug-likeness (QED) is 0.835. The highest BCUT2D eigenvalue weighted by Crippen LogP contribution is 2.25. The Balaban J connectivity index is 1.88. The monoisotopic (exact) mass is 289 g/mol. The predicted molar refractivity (Wildman–Crippen MR) is 75.2 cm³/mol. The number of nitrogens with zero attached hydrogens (tertiary/aromatic N) is 3. The molecule has 1 aliphatic heterocycles. The molecule has 0 spiro atoms. The van der Waals surface area contributed by atoms with Crippen molar-refractivity contribution in [2.24, 2.45) is 0 Å². The number of thiazole rings is 1. The molecule has 0 aromatic carbocycles. The number of β-amino-alcohol motifs (C(OH)–C–C–N with tert-alkyl or cyclic N) is 1. The Morgan fingerprint density at radius 2 is 2.17 bits per heavy atom. The molecule has 1 saturated heterocycles. The van der Waals surface area contributed by atoms with Crippen molar-refractivity contribution >= 4 is 22.9 Å². The second-order valence-corrected chi connectivity index (χ2v) is 5.74. The Morgan fingerprint density at radius 1 is 1.44 bits per heavy atom. The fraction of sp³-hybridized carbons (Fsp3) is 0.750. The first kappa shape index (κ1) is 14.2. The van der Waals surface area contributed by atoms with E-state index in [4.69, 9.17) is 16.7 Å². The zero-order chi connectivity index (χ0) is 13.0. The maximum Gasteiger partial charge on any atom is 0.110 e. The number of aliphatic hydroxyl groups excluding tert-OH is 1. The first-order valence-electron chi connectivity index (χ1n) is 6.32. The van der Waals surface area contributed by atoms with Crippen molar-refractivity contribution in [1.82, 2.24) is 14.8 Å². The van der Waals surface area contributed by atoms with Crippen LogP contribution in [0.4, 0.5) is 0 Å². The van der Waals surface area contributed by atoms with E-state index < -0.39 is 0 Å². The standard InChI is InChI=1S/C12H20ClN3OS/c1-10(12-14-11(8-13)9-18-12)16-4-2-15(3-5-16)6-7-17/h9-10,17H,2-8H2,1H3. The Morgan fingerprint density at radius 3 is 2.72 bits per heavy atom.